The number of hydrogen-bond donors (Lipinski definition) is 2. The molecule has 1 aromatic carbocycles. The molecule has 2 heterocycles. The van der Waals surface area contributed by atoms with Gasteiger partial charge in [-0.25, -0.2) is 9.37 Å². The Morgan fingerprint density at radius 1 is 1.12 bits per heavy atom. The number of aliphatic hydroxyl groups is 1. The van der Waals surface area contributed by atoms with E-state index in [1.54, 1.807) is 24.5 Å². The maximum atomic E-state index is 13.7. The number of rotatable bonds is 5. The van der Waals surface area contributed by atoms with Crippen LogP contribution in [0.2, 0.25) is 0 Å². The van der Waals surface area contributed by atoms with Crippen molar-refractivity contribution in [1.82, 2.24) is 9.97 Å². The Kier molecular flexibility index (Phi) is 4.90. The predicted octanol–water partition coefficient (Wildman–Crippen LogP) is 3.21. The summed E-state index contributed by atoms with van der Waals surface area (Å²) in [5, 5.41) is 8.99. The molecule has 0 amide bonds. The number of nitrogen functional groups attached to an aromatic ring is 1. The van der Waals surface area contributed by atoms with Gasteiger partial charge in [0.05, 0.1) is 18.0 Å². The maximum absolute atomic E-state index is 13.7. The van der Waals surface area contributed by atoms with Crippen molar-refractivity contribution in [1.29, 1.82) is 0 Å². The number of halogens is 1. The zero-order chi connectivity index (χ0) is 17.8. The van der Waals surface area contributed by atoms with E-state index in [1.807, 2.05) is 25.1 Å². The Morgan fingerprint density at radius 3 is 2.60 bits per heavy atom. The standard InChI is InChI=1S/C19H18FN3O2/c1-12-8-16(20)17(21)11-15(12)14-9-18(13-2-4-22-5-3-13)23-19(10-14)25-7-6-24/h2-5,8-11,24H,6-7,21H2,1H3. The number of nitrogens with two attached hydrogens (primary N) is 1. The second-order valence-electron chi connectivity index (χ2n) is 5.58. The van der Waals surface area contributed by atoms with Crippen molar-refractivity contribution in [3.8, 4) is 28.3 Å². The summed E-state index contributed by atoms with van der Waals surface area (Å²) in [6.45, 7) is 1.84. The number of hydrogen-bond acceptors (Lipinski definition) is 5. The fourth-order valence-corrected chi connectivity index (χ4v) is 2.56. The first kappa shape index (κ1) is 16.9. The van der Waals surface area contributed by atoms with Crippen molar-refractivity contribution in [2.24, 2.45) is 0 Å². The second-order valence-corrected chi connectivity index (χ2v) is 5.58. The van der Waals surface area contributed by atoms with E-state index in [9.17, 15) is 4.39 Å². The molecule has 25 heavy (non-hydrogen) atoms. The highest BCUT2D eigenvalue weighted by Crippen LogP contribution is 2.32. The van der Waals surface area contributed by atoms with Gasteiger partial charge in [0, 0.05) is 24.0 Å². The quantitative estimate of drug-likeness (QED) is 0.698. The normalized spacial score (nSPS) is 10.7. The van der Waals surface area contributed by atoms with Crippen molar-refractivity contribution >= 4 is 5.69 Å². The summed E-state index contributed by atoms with van der Waals surface area (Å²) in [7, 11) is 0. The van der Waals surface area contributed by atoms with Gasteiger partial charge in [-0.3, -0.25) is 4.98 Å². The summed E-state index contributed by atoms with van der Waals surface area (Å²) in [6, 6.07) is 10.3. The molecule has 0 atom stereocenters. The molecule has 0 fully saturated rings. The molecule has 0 aliphatic carbocycles. The van der Waals surface area contributed by atoms with Crippen LogP contribution in [0.15, 0.2) is 48.8 Å². The molecule has 0 saturated carbocycles. The molecule has 0 aliphatic rings. The smallest absolute Gasteiger partial charge is 0.214 e. The van der Waals surface area contributed by atoms with E-state index in [-0.39, 0.29) is 18.9 Å². The van der Waals surface area contributed by atoms with Gasteiger partial charge in [-0.05, 0) is 53.9 Å². The van der Waals surface area contributed by atoms with Crippen molar-refractivity contribution in [3.05, 3.63) is 60.2 Å². The lowest BCUT2D eigenvalue weighted by molar-refractivity contribution is 0.197. The number of aryl methyl sites for hydroxylation is 1. The molecule has 6 heteroatoms. The Balaban J connectivity index is 2.14. The lowest BCUT2D eigenvalue weighted by Gasteiger charge is -2.13. The summed E-state index contributed by atoms with van der Waals surface area (Å²) < 4.78 is 19.2. The van der Waals surface area contributed by atoms with E-state index in [2.05, 4.69) is 9.97 Å². The maximum Gasteiger partial charge on any atom is 0.214 e. The van der Waals surface area contributed by atoms with E-state index < -0.39 is 5.82 Å². The Morgan fingerprint density at radius 2 is 1.88 bits per heavy atom. The number of ether oxygens (including phenoxy) is 1. The highest BCUT2D eigenvalue weighted by atomic mass is 19.1. The fourth-order valence-electron chi connectivity index (χ4n) is 2.56. The van der Waals surface area contributed by atoms with Crippen LogP contribution in [0.3, 0.4) is 0 Å². The van der Waals surface area contributed by atoms with E-state index in [1.165, 1.54) is 6.07 Å². The van der Waals surface area contributed by atoms with Crippen LogP contribution in [0.25, 0.3) is 22.4 Å². The largest absolute Gasteiger partial charge is 0.475 e. The summed E-state index contributed by atoms with van der Waals surface area (Å²) in [4.78, 5) is 8.48. The summed E-state index contributed by atoms with van der Waals surface area (Å²) in [6.07, 6.45) is 3.36. The highest BCUT2D eigenvalue weighted by molar-refractivity contribution is 5.75. The van der Waals surface area contributed by atoms with Crippen LogP contribution in [-0.4, -0.2) is 28.3 Å². The van der Waals surface area contributed by atoms with Gasteiger partial charge < -0.3 is 15.6 Å². The molecule has 0 unspecified atom stereocenters. The summed E-state index contributed by atoms with van der Waals surface area (Å²) in [5.74, 6) is -0.0675. The van der Waals surface area contributed by atoms with Crippen LogP contribution in [-0.2, 0) is 0 Å². The number of anilines is 1. The number of aliphatic hydroxyl groups excluding tert-OH is 1. The molecule has 0 saturated heterocycles. The minimum absolute atomic E-state index is 0.0840. The molecule has 0 spiro atoms. The topological polar surface area (TPSA) is 81.3 Å². The van der Waals surface area contributed by atoms with E-state index in [0.717, 1.165) is 22.3 Å². The van der Waals surface area contributed by atoms with Gasteiger partial charge in [0.1, 0.15) is 12.4 Å². The van der Waals surface area contributed by atoms with E-state index in [4.69, 9.17) is 15.6 Å². The van der Waals surface area contributed by atoms with E-state index in [0.29, 0.717) is 11.6 Å². The Bertz CT molecular complexity index is 885. The Hall–Kier alpha value is -2.99. The van der Waals surface area contributed by atoms with Gasteiger partial charge in [-0.15, -0.1) is 0 Å². The molecular weight excluding hydrogens is 321 g/mol. The van der Waals surface area contributed by atoms with Crippen LogP contribution in [0.4, 0.5) is 10.1 Å². The molecule has 2 aromatic heterocycles. The molecule has 3 aromatic rings. The molecule has 0 aliphatic heterocycles. The minimum atomic E-state index is -0.443. The van der Waals surface area contributed by atoms with Crippen LogP contribution in [0, 0.1) is 12.7 Å². The minimum Gasteiger partial charge on any atom is -0.475 e. The average molecular weight is 339 g/mol. The van der Waals surface area contributed by atoms with Gasteiger partial charge in [-0.2, -0.15) is 0 Å². The summed E-state index contributed by atoms with van der Waals surface area (Å²) in [5.41, 5.74) is 9.74. The molecule has 3 N–H and O–H groups in total. The monoisotopic (exact) mass is 339 g/mol. The van der Waals surface area contributed by atoms with Crippen molar-refractivity contribution in [2.45, 2.75) is 6.92 Å². The first-order chi connectivity index (χ1) is 12.1. The molecular formula is C19H18FN3O2. The molecule has 3 rings (SSSR count). The van der Waals surface area contributed by atoms with Crippen LogP contribution < -0.4 is 10.5 Å². The first-order valence-electron chi connectivity index (χ1n) is 7.80. The van der Waals surface area contributed by atoms with Crippen LogP contribution in [0.5, 0.6) is 5.88 Å². The van der Waals surface area contributed by atoms with E-state index >= 15 is 0 Å². The van der Waals surface area contributed by atoms with Crippen LogP contribution in [0.1, 0.15) is 5.56 Å². The summed E-state index contributed by atoms with van der Waals surface area (Å²) >= 11 is 0. The molecule has 0 bridgehead atoms. The van der Waals surface area contributed by atoms with Gasteiger partial charge in [-0.1, -0.05) is 0 Å². The SMILES string of the molecule is Cc1cc(F)c(N)cc1-c1cc(OCCO)nc(-c2ccncc2)c1. The number of pyridine rings is 2. The van der Waals surface area contributed by atoms with Gasteiger partial charge >= 0.3 is 0 Å². The van der Waals surface area contributed by atoms with Crippen molar-refractivity contribution in [2.75, 3.05) is 18.9 Å². The third-order valence-corrected chi connectivity index (χ3v) is 3.77. The lowest BCUT2D eigenvalue weighted by atomic mass is 9.98. The second kappa shape index (κ2) is 7.27. The molecule has 5 nitrogen and oxygen atoms in total. The molecule has 0 radical (unpaired) electrons. The van der Waals surface area contributed by atoms with Crippen LogP contribution >= 0.6 is 0 Å². The van der Waals surface area contributed by atoms with Gasteiger partial charge in [0.2, 0.25) is 5.88 Å². The fraction of sp³-hybridized carbons (Fsp3) is 0.158. The first-order valence-corrected chi connectivity index (χ1v) is 7.80. The highest BCUT2D eigenvalue weighted by Gasteiger charge is 2.12. The zero-order valence-corrected chi connectivity index (χ0v) is 13.7. The van der Waals surface area contributed by atoms with Crippen molar-refractivity contribution < 1.29 is 14.2 Å². The van der Waals surface area contributed by atoms with Gasteiger partial charge in [0.25, 0.3) is 0 Å². The zero-order valence-electron chi connectivity index (χ0n) is 13.7. The van der Waals surface area contributed by atoms with Gasteiger partial charge in [0.15, 0.2) is 0 Å². The van der Waals surface area contributed by atoms with Crippen molar-refractivity contribution in [3.63, 3.8) is 0 Å². The third-order valence-electron chi connectivity index (χ3n) is 3.77. The Labute approximate surface area is 144 Å². The number of aromatic nitrogens is 2. The third kappa shape index (κ3) is 3.75. The average Bonchev–Trinajstić information content (AvgIpc) is 2.63. The molecule has 128 valence electrons. The lowest BCUT2D eigenvalue weighted by Crippen LogP contribution is -2.04. The number of benzene rings is 1. The number of nitrogens with zero attached hydrogens (tertiary/aromatic N) is 2. The predicted molar refractivity (Wildman–Crippen MR) is 94.6 cm³/mol.